The minimum atomic E-state index is 0.210. The highest BCUT2D eigenvalue weighted by Crippen LogP contribution is 2.31. The van der Waals surface area contributed by atoms with Gasteiger partial charge in [-0.05, 0) is 55.0 Å². The lowest BCUT2D eigenvalue weighted by atomic mass is 10.1. The van der Waals surface area contributed by atoms with Crippen LogP contribution in [-0.4, -0.2) is 33.5 Å². The topological polar surface area (TPSA) is 81.5 Å². The highest BCUT2D eigenvalue weighted by molar-refractivity contribution is 6.32. The molecule has 8 heteroatoms. The normalized spacial score (nSPS) is 15.2. The summed E-state index contributed by atoms with van der Waals surface area (Å²) in [6.45, 7) is 3.03. The molecule has 0 radical (unpaired) electrons. The first-order chi connectivity index (χ1) is 16.1. The van der Waals surface area contributed by atoms with Crippen LogP contribution in [0.25, 0.3) is 10.9 Å². The molecule has 166 valence electrons. The van der Waals surface area contributed by atoms with E-state index >= 15 is 0 Å². The average Bonchev–Trinajstić information content (AvgIpc) is 3.24. The van der Waals surface area contributed by atoms with Crippen LogP contribution in [0.4, 0.5) is 11.5 Å². The number of pyridine rings is 1. The van der Waals surface area contributed by atoms with Crippen molar-refractivity contribution in [3.05, 3.63) is 83.4 Å². The van der Waals surface area contributed by atoms with Crippen molar-refractivity contribution < 1.29 is 9.47 Å². The summed E-state index contributed by atoms with van der Waals surface area (Å²) >= 11 is 6.47. The van der Waals surface area contributed by atoms with Crippen molar-refractivity contribution in [1.29, 1.82) is 0 Å². The average molecular weight is 460 g/mol. The van der Waals surface area contributed by atoms with Gasteiger partial charge >= 0.3 is 0 Å². The molecule has 4 aromatic rings. The van der Waals surface area contributed by atoms with Crippen molar-refractivity contribution in [3.63, 3.8) is 0 Å². The molecule has 1 atom stereocenters. The van der Waals surface area contributed by atoms with Crippen molar-refractivity contribution in [2.75, 3.05) is 11.9 Å². The number of halogens is 1. The number of hydrogen-bond donors (Lipinski definition) is 1. The summed E-state index contributed by atoms with van der Waals surface area (Å²) in [5.41, 5.74) is 3.57. The van der Waals surface area contributed by atoms with E-state index in [1.54, 1.807) is 12.5 Å². The van der Waals surface area contributed by atoms with Gasteiger partial charge in [0.2, 0.25) is 0 Å². The van der Waals surface area contributed by atoms with Gasteiger partial charge in [-0.1, -0.05) is 23.7 Å². The van der Waals surface area contributed by atoms with E-state index in [2.05, 4.69) is 31.3 Å². The van der Waals surface area contributed by atoms with Gasteiger partial charge in [0.05, 0.1) is 22.3 Å². The maximum absolute atomic E-state index is 6.47. The molecule has 0 amide bonds. The zero-order chi connectivity index (χ0) is 22.6. The predicted molar refractivity (Wildman–Crippen MR) is 129 cm³/mol. The second kappa shape index (κ2) is 9.42. The summed E-state index contributed by atoms with van der Waals surface area (Å²) in [5, 5.41) is 4.76. The molecule has 1 aliphatic heterocycles. The molecular weight excluding hydrogens is 438 g/mol. The fraction of sp³-hybridized carbons (Fsp3) is 0.200. The summed E-state index contributed by atoms with van der Waals surface area (Å²) in [7, 11) is 0. The van der Waals surface area contributed by atoms with Crippen LogP contribution < -0.4 is 10.1 Å². The highest BCUT2D eigenvalue weighted by Gasteiger charge is 2.15. The van der Waals surface area contributed by atoms with Crippen LogP contribution in [0, 0.1) is 0 Å². The first-order valence-corrected chi connectivity index (χ1v) is 11.0. The number of ether oxygens (including phenoxy) is 2. The molecule has 3 heterocycles. The van der Waals surface area contributed by atoms with Gasteiger partial charge in [0.25, 0.3) is 0 Å². The lowest BCUT2D eigenvalue weighted by Gasteiger charge is -2.12. The van der Waals surface area contributed by atoms with E-state index in [0.29, 0.717) is 36.2 Å². The monoisotopic (exact) mass is 459 g/mol. The minimum absolute atomic E-state index is 0.210. The Bertz CT molecular complexity index is 1310. The first-order valence-electron chi connectivity index (χ1n) is 10.7. The second-order valence-corrected chi connectivity index (χ2v) is 8.22. The second-order valence-electron chi connectivity index (χ2n) is 7.81. The standard InChI is InChI=1S/C25H22ClN5O2/c1-16-13-33-24(30-16)11-17-5-7-22-20(10-17)25(29-15-28-22)31-18-6-8-23(21(26)12-18)32-14-19-4-2-3-9-27-19/h2-10,12,15-16H,11,13-14H2,1H3,(H,28,29,31). The third kappa shape index (κ3) is 5.04. The zero-order valence-electron chi connectivity index (χ0n) is 18.0. The first kappa shape index (κ1) is 21.2. The summed E-state index contributed by atoms with van der Waals surface area (Å²) in [4.78, 5) is 17.6. The molecule has 1 aliphatic rings. The quantitative estimate of drug-likeness (QED) is 0.400. The van der Waals surface area contributed by atoms with Crippen LogP contribution in [0.1, 0.15) is 18.2 Å². The summed E-state index contributed by atoms with van der Waals surface area (Å²) in [6, 6.07) is 17.6. The van der Waals surface area contributed by atoms with Crippen LogP contribution >= 0.6 is 11.6 Å². The van der Waals surface area contributed by atoms with E-state index in [0.717, 1.165) is 33.7 Å². The van der Waals surface area contributed by atoms with Crippen LogP contribution in [0.5, 0.6) is 5.75 Å². The molecule has 0 fully saturated rings. The van der Waals surface area contributed by atoms with Gasteiger partial charge in [-0.25, -0.2) is 15.0 Å². The Morgan fingerprint density at radius 3 is 2.82 bits per heavy atom. The van der Waals surface area contributed by atoms with Gasteiger partial charge in [0.15, 0.2) is 5.90 Å². The van der Waals surface area contributed by atoms with Crippen LogP contribution in [-0.2, 0) is 17.8 Å². The van der Waals surface area contributed by atoms with E-state index in [1.807, 2.05) is 55.5 Å². The predicted octanol–water partition coefficient (Wildman–Crippen LogP) is 5.36. The molecule has 2 aromatic heterocycles. The van der Waals surface area contributed by atoms with Crippen molar-refractivity contribution in [1.82, 2.24) is 15.0 Å². The number of aliphatic imine (C=N–C) groups is 1. The fourth-order valence-corrected chi connectivity index (χ4v) is 3.82. The number of aromatic nitrogens is 3. The Labute approximate surface area is 196 Å². The molecule has 0 bridgehead atoms. The maximum Gasteiger partial charge on any atom is 0.188 e. The SMILES string of the molecule is CC1COC(Cc2ccc3ncnc(Nc4ccc(OCc5ccccn5)c(Cl)c4)c3c2)=N1. The molecule has 33 heavy (non-hydrogen) atoms. The Balaban J connectivity index is 1.34. The molecule has 0 saturated carbocycles. The smallest absolute Gasteiger partial charge is 0.188 e. The Morgan fingerprint density at radius 2 is 2.03 bits per heavy atom. The number of hydrogen-bond acceptors (Lipinski definition) is 7. The highest BCUT2D eigenvalue weighted by atomic mass is 35.5. The molecule has 2 aromatic carbocycles. The number of benzene rings is 2. The lowest BCUT2D eigenvalue weighted by Crippen LogP contribution is -2.04. The molecule has 0 saturated heterocycles. The van der Waals surface area contributed by atoms with Crippen LogP contribution in [0.15, 0.2) is 72.1 Å². The Morgan fingerprint density at radius 1 is 1.09 bits per heavy atom. The Hall–Kier alpha value is -3.71. The molecule has 5 rings (SSSR count). The third-order valence-corrected chi connectivity index (χ3v) is 5.50. The van der Waals surface area contributed by atoms with Gasteiger partial charge in [-0.15, -0.1) is 0 Å². The molecular formula is C25H22ClN5O2. The van der Waals surface area contributed by atoms with E-state index in [9.17, 15) is 0 Å². The van der Waals surface area contributed by atoms with Crippen molar-refractivity contribution in [2.24, 2.45) is 4.99 Å². The fourth-order valence-electron chi connectivity index (χ4n) is 3.59. The zero-order valence-corrected chi connectivity index (χ0v) is 18.8. The molecule has 0 aliphatic carbocycles. The summed E-state index contributed by atoms with van der Waals surface area (Å²) in [5.74, 6) is 2.05. The van der Waals surface area contributed by atoms with E-state index < -0.39 is 0 Å². The number of fused-ring (bicyclic) bond motifs is 1. The van der Waals surface area contributed by atoms with Gasteiger partial charge in [0.1, 0.15) is 31.1 Å². The molecule has 0 spiro atoms. The number of rotatable bonds is 7. The minimum Gasteiger partial charge on any atom is -0.486 e. The van der Waals surface area contributed by atoms with E-state index in [1.165, 1.54) is 0 Å². The van der Waals surface area contributed by atoms with E-state index in [4.69, 9.17) is 21.1 Å². The van der Waals surface area contributed by atoms with Crippen molar-refractivity contribution in [2.45, 2.75) is 26.0 Å². The third-order valence-electron chi connectivity index (χ3n) is 5.21. The van der Waals surface area contributed by atoms with E-state index in [-0.39, 0.29) is 6.04 Å². The summed E-state index contributed by atoms with van der Waals surface area (Å²) in [6.07, 6.45) is 3.92. The van der Waals surface area contributed by atoms with Gasteiger partial charge in [0, 0.05) is 23.7 Å². The number of nitrogens with zero attached hydrogens (tertiary/aromatic N) is 4. The largest absolute Gasteiger partial charge is 0.486 e. The lowest BCUT2D eigenvalue weighted by molar-refractivity contribution is 0.301. The number of nitrogens with one attached hydrogen (secondary N) is 1. The van der Waals surface area contributed by atoms with Crippen LogP contribution in [0.2, 0.25) is 5.02 Å². The van der Waals surface area contributed by atoms with Crippen LogP contribution in [0.3, 0.4) is 0 Å². The number of anilines is 2. The maximum atomic E-state index is 6.47. The summed E-state index contributed by atoms with van der Waals surface area (Å²) < 4.78 is 11.5. The van der Waals surface area contributed by atoms with Crippen molar-refractivity contribution >= 4 is 39.9 Å². The van der Waals surface area contributed by atoms with Gasteiger partial charge in [-0.3, -0.25) is 4.98 Å². The van der Waals surface area contributed by atoms with Crippen molar-refractivity contribution in [3.8, 4) is 5.75 Å². The molecule has 7 nitrogen and oxygen atoms in total. The Kier molecular flexibility index (Phi) is 6.04. The molecule has 1 unspecified atom stereocenters. The van der Waals surface area contributed by atoms with Gasteiger partial charge in [-0.2, -0.15) is 0 Å². The molecule has 1 N–H and O–H groups in total. The van der Waals surface area contributed by atoms with Gasteiger partial charge < -0.3 is 14.8 Å².